The Bertz CT molecular complexity index is 822. The maximum absolute atomic E-state index is 13.2. The van der Waals surface area contributed by atoms with Crippen LogP contribution in [0.25, 0.3) is 0 Å². The van der Waals surface area contributed by atoms with Crippen molar-refractivity contribution in [2.24, 2.45) is 0 Å². The number of nitrogens with one attached hydrogen (secondary N) is 1. The SMILES string of the molecule is CCC1(c2ccc(F)cc2)NC(=O)N(CCOc2ccccc2C)C1=O. The van der Waals surface area contributed by atoms with Crippen molar-refractivity contribution >= 4 is 11.9 Å². The Labute approximate surface area is 151 Å². The Hall–Kier alpha value is -2.89. The van der Waals surface area contributed by atoms with Gasteiger partial charge in [-0.25, -0.2) is 9.18 Å². The molecule has 1 atom stereocenters. The van der Waals surface area contributed by atoms with Crippen LogP contribution in [0, 0.1) is 12.7 Å². The molecular formula is C20H21FN2O3. The zero-order valence-electron chi connectivity index (χ0n) is 14.8. The number of imide groups is 1. The summed E-state index contributed by atoms with van der Waals surface area (Å²) in [6.45, 7) is 4.09. The molecule has 0 saturated carbocycles. The van der Waals surface area contributed by atoms with Crippen molar-refractivity contribution in [2.45, 2.75) is 25.8 Å². The molecule has 1 heterocycles. The molecule has 3 rings (SSSR count). The van der Waals surface area contributed by atoms with Crippen LogP contribution in [0.5, 0.6) is 5.75 Å². The number of carbonyl (C=O) groups is 2. The summed E-state index contributed by atoms with van der Waals surface area (Å²) < 4.78 is 18.9. The molecule has 1 saturated heterocycles. The fourth-order valence-corrected chi connectivity index (χ4v) is 3.17. The fraction of sp³-hybridized carbons (Fsp3) is 0.300. The van der Waals surface area contributed by atoms with E-state index in [0.29, 0.717) is 12.0 Å². The van der Waals surface area contributed by atoms with Crippen molar-refractivity contribution in [3.63, 3.8) is 0 Å². The average Bonchev–Trinajstić information content (AvgIpc) is 2.89. The molecule has 2 aromatic rings. The number of rotatable bonds is 6. The van der Waals surface area contributed by atoms with Gasteiger partial charge < -0.3 is 10.1 Å². The van der Waals surface area contributed by atoms with Gasteiger partial charge in [0.05, 0.1) is 6.54 Å². The molecule has 26 heavy (non-hydrogen) atoms. The molecule has 136 valence electrons. The Morgan fingerprint density at radius 3 is 2.46 bits per heavy atom. The molecule has 1 N–H and O–H groups in total. The lowest BCUT2D eigenvalue weighted by molar-refractivity contribution is -0.132. The van der Waals surface area contributed by atoms with Crippen LogP contribution in [-0.4, -0.2) is 30.0 Å². The summed E-state index contributed by atoms with van der Waals surface area (Å²) >= 11 is 0. The predicted octanol–water partition coefficient (Wildman–Crippen LogP) is 3.37. The molecule has 0 aromatic heterocycles. The van der Waals surface area contributed by atoms with Crippen molar-refractivity contribution in [1.29, 1.82) is 0 Å². The molecule has 3 amide bonds. The first-order valence-electron chi connectivity index (χ1n) is 8.56. The van der Waals surface area contributed by atoms with E-state index in [1.807, 2.05) is 38.1 Å². The summed E-state index contributed by atoms with van der Waals surface area (Å²) in [6.07, 6.45) is 0.373. The number of hydrogen-bond acceptors (Lipinski definition) is 3. The third-order valence-electron chi connectivity index (χ3n) is 4.71. The van der Waals surface area contributed by atoms with Crippen LogP contribution >= 0.6 is 0 Å². The first kappa shape index (κ1) is 17.9. The Kier molecular flexibility index (Phi) is 4.93. The molecule has 1 aliphatic heterocycles. The van der Waals surface area contributed by atoms with E-state index in [-0.39, 0.29) is 24.9 Å². The molecule has 5 nitrogen and oxygen atoms in total. The van der Waals surface area contributed by atoms with Crippen LogP contribution in [0.15, 0.2) is 48.5 Å². The lowest BCUT2D eigenvalue weighted by Gasteiger charge is -2.25. The number of hydrogen-bond donors (Lipinski definition) is 1. The molecule has 0 spiro atoms. The van der Waals surface area contributed by atoms with Crippen molar-refractivity contribution < 1.29 is 18.7 Å². The van der Waals surface area contributed by atoms with E-state index < -0.39 is 11.6 Å². The highest BCUT2D eigenvalue weighted by Gasteiger charge is 2.51. The third-order valence-corrected chi connectivity index (χ3v) is 4.71. The molecule has 1 aliphatic rings. The molecule has 0 aliphatic carbocycles. The van der Waals surface area contributed by atoms with E-state index in [0.717, 1.165) is 16.2 Å². The highest BCUT2D eigenvalue weighted by atomic mass is 19.1. The van der Waals surface area contributed by atoms with Gasteiger partial charge in [0.1, 0.15) is 23.7 Å². The van der Waals surface area contributed by atoms with Crippen LogP contribution in [0.1, 0.15) is 24.5 Å². The monoisotopic (exact) mass is 356 g/mol. The van der Waals surface area contributed by atoms with E-state index in [1.54, 1.807) is 0 Å². The Morgan fingerprint density at radius 1 is 1.12 bits per heavy atom. The van der Waals surface area contributed by atoms with Gasteiger partial charge in [0.25, 0.3) is 5.91 Å². The molecule has 1 unspecified atom stereocenters. The topological polar surface area (TPSA) is 58.6 Å². The van der Waals surface area contributed by atoms with Gasteiger partial charge in [-0.3, -0.25) is 9.69 Å². The van der Waals surface area contributed by atoms with E-state index in [2.05, 4.69) is 5.32 Å². The van der Waals surface area contributed by atoms with Gasteiger partial charge in [-0.05, 0) is 42.7 Å². The van der Waals surface area contributed by atoms with Crippen LogP contribution in [-0.2, 0) is 10.3 Å². The summed E-state index contributed by atoms with van der Waals surface area (Å²) in [6, 6.07) is 12.7. The largest absolute Gasteiger partial charge is 0.491 e. The Morgan fingerprint density at radius 2 is 1.81 bits per heavy atom. The van der Waals surface area contributed by atoms with Crippen LogP contribution in [0.3, 0.4) is 0 Å². The quantitative estimate of drug-likeness (QED) is 0.808. The van der Waals surface area contributed by atoms with E-state index in [4.69, 9.17) is 4.74 Å². The minimum atomic E-state index is -1.16. The number of aryl methyl sites for hydroxylation is 1. The number of para-hydroxylation sites is 1. The molecular weight excluding hydrogens is 335 g/mol. The van der Waals surface area contributed by atoms with Crippen molar-refractivity contribution in [3.8, 4) is 5.75 Å². The second kappa shape index (κ2) is 7.15. The summed E-state index contributed by atoms with van der Waals surface area (Å²) in [5.41, 5.74) is 0.397. The molecule has 1 fully saturated rings. The van der Waals surface area contributed by atoms with Crippen molar-refractivity contribution in [2.75, 3.05) is 13.2 Å². The molecule has 0 radical (unpaired) electrons. The van der Waals surface area contributed by atoms with Gasteiger partial charge >= 0.3 is 6.03 Å². The number of carbonyl (C=O) groups excluding carboxylic acids is 2. The maximum atomic E-state index is 13.2. The number of halogens is 1. The fourth-order valence-electron chi connectivity index (χ4n) is 3.17. The molecule has 2 aromatic carbocycles. The maximum Gasteiger partial charge on any atom is 0.325 e. The summed E-state index contributed by atoms with van der Waals surface area (Å²) in [5.74, 6) is -0.00917. The average molecular weight is 356 g/mol. The standard InChI is InChI=1S/C20H21FN2O3/c1-3-20(15-8-10-16(21)11-9-15)18(24)23(19(25)22-20)12-13-26-17-7-5-4-6-14(17)2/h4-11H,3,12-13H2,1-2H3,(H,22,25). The summed E-state index contributed by atoms with van der Waals surface area (Å²) in [7, 11) is 0. The van der Waals surface area contributed by atoms with Crippen molar-refractivity contribution in [3.05, 3.63) is 65.5 Å². The van der Waals surface area contributed by atoms with Gasteiger partial charge in [-0.15, -0.1) is 0 Å². The first-order chi connectivity index (χ1) is 12.5. The van der Waals surface area contributed by atoms with Gasteiger partial charge in [0.15, 0.2) is 0 Å². The van der Waals surface area contributed by atoms with Crippen LogP contribution in [0.2, 0.25) is 0 Å². The second-order valence-corrected chi connectivity index (χ2v) is 6.27. The lowest BCUT2D eigenvalue weighted by Crippen LogP contribution is -2.43. The minimum Gasteiger partial charge on any atom is -0.491 e. The highest BCUT2D eigenvalue weighted by molar-refractivity contribution is 6.07. The predicted molar refractivity (Wildman–Crippen MR) is 95.3 cm³/mol. The lowest BCUT2D eigenvalue weighted by atomic mass is 9.87. The van der Waals surface area contributed by atoms with E-state index in [1.165, 1.54) is 24.3 Å². The van der Waals surface area contributed by atoms with Gasteiger partial charge in [0, 0.05) is 0 Å². The Balaban J connectivity index is 1.73. The van der Waals surface area contributed by atoms with Gasteiger partial charge in [-0.2, -0.15) is 0 Å². The number of amides is 3. The normalized spacial score (nSPS) is 19.6. The zero-order chi connectivity index (χ0) is 18.7. The molecule has 6 heteroatoms. The minimum absolute atomic E-state index is 0.141. The van der Waals surface area contributed by atoms with Crippen molar-refractivity contribution in [1.82, 2.24) is 10.2 Å². The van der Waals surface area contributed by atoms with E-state index in [9.17, 15) is 14.0 Å². The van der Waals surface area contributed by atoms with Gasteiger partial charge in [-0.1, -0.05) is 37.3 Å². The summed E-state index contributed by atoms with van der Waals surface area (Å²) in [4.78, 5) is 26.5. The second-order valence-electron chi connectivity index (χ2n) is 6.27. The van der Waals surface area contributed by atoms with Crippen LogP contribution < -0.4 is 10.1 Å². The summed E-state index contributed by atoms with van der Waals surface area (Å²) in [5, 5.41) is 2.77. The highest BCUT2D eigenvalue weighted by Crippen LogP contribution is 2.32. The third kappa shape index (κ3) is 3.14. The van der Waals surface area contributed by atoms with Crippen LogP contribution in [0.4, 0.5) is 9.18 Å². The number of benzene rings is 2. The number of urea groups is 1. The van der Waals surface area contributed by atoms with Gasteiger partial charge in [0.2, 0.25) is 0 Å². The first-order valence-corrected chi connectivity index (χ1v) is 8.56. The number of ether oxygens (including phenoxy) is 1. The molecule has 0 bridgehead atoms. The number of nitrogens with zero attached hydrogens (tertiary/aromatic N) is 1. The van der Waals surface area contributed by atoms with E-state index >= 15 is 0 Å². The smallest absolute Gasteiger partial charge is 0.325 e. The zero-order valence-corrected chi connectivity index (χ0v) is 14.8.